The van der Waals surface area contributed by atoms with E-state index in [0.29, 0.717) is 0 Å². The molecule has 150 valence electrons. The highest BCUT2D eigenvalue weighted by molar-refractivity contribution is 5.94. The first kappa shape index (κ1) is 17.5. The van der Waals surface area contributed by atoms with E-state index in [-0.39, 0.29) is 0 Å². The number of para-hydroxylation sites is 3. The molecule has 4 aromatic carbocycles. The number of rotatable bonds is 1. The van der Waals surface area contributed by atoms with Gasteiger partial charge in [0.25, 0.3) is 0 Å². The van der Waals surface area contributed by atoms with E-state index in [1.165, 1.54) is 49.8 Å². The molecular weight excluding hydrogens is 388 g/mol. The average molecular weight is 409 g/mol. The fourth-order valence-corrected chi connectivity index (χ4v) is 5.15. The molecule has 2 nitrogen and oxygen atoms in total. The largest absolute Gasteiger partial charge is 0.310 e. The minimum absolute atomic E-state index is 0.920. The zero-order valence-corrected chi connectivity index (χ0v) is 17.5. The Morgan fingerprint density at radius 2 is 1.50 bits per heavy atom. The number of fused-ring (bicyclic) bond motifs is 6. The van der Waals surface area contributed by atoms with Gasteiger partial charge in [-0.05, 0) is 58.8 Å². The van der Waals surface area contributed by atoms with E-state index >= 15 is 0 Å². The maximum atomic E-state index is 4.78. The molecule has 0 bridgehead atoms. The van der Waals surface area contributed by atoms with Gasteiger partial charge in [0.15, 0.2) is 0 Å². The van der Waals surface area contributed by atoms with Gasteiger partial charge < -0.3 is 4.57 Å². The highest BCUT2D eigenvalue weighted by Gasteiger charge is 2.20. The van der Waals surface area contributed by atoms with Gasteiger partial charge >= 0.3 is 0 Å². The third-order valence-corrected chi connectivity index (χ3v) is 6.65. The zero-order valence-electron chi connectivity index (χ0n) is 17.5. The minimum Gasteiger partial charge on any atom is -0.310 e. The summed E-state index contributed by atoms with van der Waals surface area (Å²) in [6.07, 6.45) is 5.50. The second-order valence-electron chi connectivity index (χ2n) is 8.45. The Morgan fingerprint density at radius 1 is 0.688 bits per heavy atom. The topological polar surface area (TPSA) is 17.3 Å². The molecule has 2 heteroatoms. The fourth-order valence-electron chi connectivity index (χ4n) is 5.15. The molecule has 1 aliphatic heterocycles. The predicted octanol–water partition coefficient (Wildman–Crippen LogP) is 5.98. The Hall–Kier alpha value is -4.17. The Bertz CT molecular complexity index is 1680. The van der Waals surface area contributed by atoms with Crippen molar-refractivity contribution in [3.8, 4) is 16.8 Å². The van der Waals surface area contributed by atoms with Crippen LogP contribution >= 0.6 is 0 Å². The number of aromatic nitrogens is 1. The number of hydrogen-bond donors (Lipinski definition) is 0. The molecule has 0 saturated heterocycles. The van der Waals surface area contributed by atoms with Crippen molar-refractivity contribution in [1.29, 1.82) is 0 Å². The van der Waals surface area contributed by atoms with Crippen LogP contribution in [0.1, 0.15) is 11.3 Å². The van der Waals surface area contributed by atoms with E-state index in [1.807, 2.05) is 0 Å². The van der Waals surface area contributed by atoms with Crippen molar-refractivity contribution in [1.82, 2.24) is 4.57 Å². The van der Waals surface area contributed by atoms with E-state index in [0.717, 1.165) is 17.5 Å². The molecule has 0 N–H and O–H groups in total. The Labute approximate surface area is 186 Å². The Morgan fingerprint density at radius 3 is 2.44 bits per heavy atom. The van der Waals surface area contributed by atoms with Gasteiger partial charge in [-0.15, -0.1) is 0 Å². The van der Waals surface area contributed by atoms with Crippen LogP contribution in [0.2, 0.25) is 0 Å². The average Bonchev–Trinajstić information content (AvgIpc) is 3.39. The van der Waals surface area contributed by atoms with Gasteiger partial charge in [0.05, 0.1) is 22.3 Å². The van der Waals surface area contributed by atoms with E-state index < -0.39 is 0 Å². The molecule has 0 radical (unpaired) electrons. The molecule has 0 spiro atoms. The van der Waals surface area contributed by atoms with Crippen molar-refractivity contribution in [3.05, 3.63) is 125 Å². The number of hydrogen-bond acceptors (Lipinski definition) is 1. The molecule has 1 aliphatic carbocycles. The van der Waals surface area contributed by atoms with Crippen LogP contribution in [0.5, 0.6) is 0 Å². The summed E-state index contributed by atoms with van der Waals surface area (Å²) in [7, 11) is 0. The standard InChI is InChI=1S/C30H20N2/c1-2-8-22(9-3-1)32-29-13-7-5-11-24(29)26-19-21(15-17-30(26)32)20-14-16-28-25(18-20)23-10-4-6-12-27(23)31-28/h1-18H,19H2. The minimum atomic E-state index is 0.920. The van der Waals surface area contributed by atoms with Crippen LogP contribution in [-0.4, -0.2) is 4.57 Å². The molecular formula is C30H20N2. The summed E-state index contributed by atoms with van der Waals surface area (Å²) in [6, 6.07) is 34.5. The highest BCUT2D eigenvalue weighted by Crippen LogP contribution is 2.35. The Balaban J connectivity index is 1.44. The molecule has 2 heterocycles. The molecule has 1 aromatic heterocycles. The first-order valence-electron chi connectivity index (χ1n) is 11.0. The second kappa shape index (κ2) is 6.66. The molecule has 32 heavy (non-hydrogen) atoms. The summed E-state index contributed by atoms with van der Waals surface area (Å²) in [5, 5.41) is 3.67. The summed E-state index contributed by atoms with van der Waals surface area (Å²) in [5.74, 6) is 0. The van der Waals surface area contributed by atoms with Gasteiger partial charge in [-0.2, -0.15) is 0 Å². The molecule has 0 amide bonds. The zero-order chi connectivity index (χ0) is 21.1. The SMILES string of the molecule is C1=Cc2c(c3ccccc3n2-c2ccccc2)CC1=c1ccc2c(c1)-c1ccccc1N=2. The molecule has 7 rings (SSSR count). The fraction of sp³-hybridized carbons (Fsp3) is 0.0333. The molecule has 0 unspecified atom stereocenters. The quantitative estimate of drug-likeness (QED) is 0.318. The third kappa shape index (κ3) is 2.50. The van der Waals surface area contributed by atoms with Gasteiger partial charge in [0, 0.05) is 28.6 Å². The summed E-state index contributed by atoms with van der Waals surface area (Å²) in [6.45, 7) is 0. The smallest absolute Gasteiger partial charge is 0.0716 e. The van der Waals surface area contributed by atoms with Gasteiger partial charge in [-0.25, -0.2) is 4.99 Å². The lowest BCUT2D eigenvalue weighted by Gasteiger charge is -2.14. The summed E-state index contributed by atoms with van der Waals surface area (Å²) in [4.78, 5) is 4.78. The van der Waals surface area contributed by atoms with E-state index in [2.05, 4.69) is 114 Å². The number of allylic oxidation sites excluding steroid dienone is 1. The van der Waals surface area contributed by atoms with E-state index in [4.69, 9.17) is 4.99 Å². The van der Waals surface area contributed by atoms with Crippen LogP contribution in [0.25, 0.3) is 39.4 Å². The van der Waals surface area contributed by atoms with Crippen molar-refractivity contribution in [2.45, 2.75) is 6.42 Å². The lowest BCUT2D eigenvalue weighted by Crippen LogP contribution is -2.14. The maximum absolute atomic E-state index is 4.78. The monoisotopic (exact) mass is 408 g/mol. The predicted molar refractivity (Wildman–Crippen MR) is 132 cm³/mol. The van der Waals surface area contributed by atoms with Crippen LogP contribution in [-0.2, 0) is 6.42 Å². The van der Waals surface area contributed by atoms with Gasteiger partial charge in [-0.3, -0.25) is 0 Å². The van der Waals surface area contributed by atoms with Crippen molar-refractivity contribution in [2.24, 2.45) is 4.99 Å². The van der Waals surface area contributed by atoms with Crippen LogP contribution < -0.4 is 10.6 Å². The first-order valence-corrected chi connectivity index (χ1v) is 11.0. The molecule has 5 aromatic rings. The highest BCUT2D eigenvalue weighted by atomic mass is 15.0. The van der Waals surface area contributed by atoms with Crippen molar-refractivity contribution >= 4 is 28.2 Å². The van der Waals surface area contributed by atoms with Crippen molar-refractivity contribution in [3.63, 3.8) is 0 Å². The van der Waals surface area contributed by atoms with E-state index in [1.54, 1.807) is 0 Å². The molecule has 0 fully saturated rings. The van der Waals surface area contributed by atoms with Crippen LogP contribution in [0.3, 0.4) is 0 Å². The lowest BCUT2D eigenvalue weighted by molar-refractivity contribution is 1.08. The number of benzene rings is 4. The van der Waals surface area contributed by atoms with Crippen LogP contribution in [0, 0.1) is 0 Å². The van der Waals surface area contributed by atoms with Gasteiger partial charge in [-0.1, -0.05) is 66.7 Å². The maximum Gasteiger partial charge on any atom is 0.0716 e. The van der Waals surface area contributed by atoms with Gasteiger partial charge in [0.1, 0.15) is 0 Å². The third-order valence-electron chi connectivity index (χ3n) is 6.65. The van der Waals surface area contributed by atoms with Gasteiger partial charge in [0.2, 0.25) is 0 Å². The summed E-state index contributed by atoms with van der Waals surface area (Å²) >= 11 is 0. The summed E-state index contributed by atoms with van der Waals surface area (Å²) in [5.41, 5.74) is 10.0. The van der Waals surface area contributed by atoms with Crippen LogP contribution in [0.15, 0.2) is 108 Å². The van der Waals surface area contributed by atoms with Crippen molar-refractivity contribution in [2.75, 3.05) is 0 Å². The van der Waals surface area contributed by atoms with Crippen molar-refractivity contribution < 1.29 is 0 Å². The lowest BCUT2D eigenvalue weighted by atomic mass is 9.94. The Kier molecular flexibility index (Phi) is 3.65. The van der Waals surface area contributed by atoms with Crippen LogP contribution in [0.4, 0.5) is 5.69 Å². The molecule has 0 saturated carbocycles. The first-order chi connectivity index (χ1) is 15.9. The van der Waals surface area contributed by atoms with E-state index in [9.17, 15) is 0 Å². The summed E-state index contributed by atoms with van der Waals surface area (Å²) < 4.78 is 2.38. The normalized spacial score (nSPS) is 15.2. The number of nitrogens with zero attached hydrogens (tertiary/aromatic N) is 2. The second-order valence-corrected chi connectivity index (χ2v) is 8.45. The molecule has 2 aliphatic rings. The molecule has 0 atom stereocenters.